The van der Waals surface area contributed by atoms with Crippen LogP contribution in [-0.2, 0) is 0 Å². The van der Waals surface area contributed by atoms with Crippen LogP contribution in [0.15, 0.2) is 35.8 Å². The topological polar surface area (TPSA) is 24.9 Å². The molecule has 0 saturated carbocycles. The molecule has 1 atom stereocenters. The van der Waals surface area contributed by atoms with E-state index in [1.165, 1.54) is 17.4 Å². The third kappa shape index (κ3) is 3.58. The highest BCUT2D eigenvalue weighted by Crippen LogP contribution is 2.27. The van der Waals surface area contributed by atoms with Crippen molar-refractivity contribution in [3.05, 3.63) is 52.0 Å². The minimum atomic E-state index is -2.45. The molecule has 102 valence electrons. The van der Waals surface area contributed by atoms with Crippen molar-refractivity contribution in [3.63, 3.8) is 0 Å². The number of benzene rings is 1. The van der Waals surface area contributed by atoms with Gasteiger partial charge in [0.05, 0.1) is 6.04 Å². The van der Waals surface area contributed by atoms with Crippen molar-refractivity contribution < 1.29 is 8.78 Å². The maximum Gasteiger partial charge on any atom is 0.263 e. The summed E-state index contributed by atoms with van der Waals surface area (Å²) < 4.78 is 25.6. The lowest BCUT2D eigenvalue weighted by Gasteiger charge is -2.20. The molecular formula is C14H16F2N2S. The van der Waals surface area contributed by atoms with Crippen molar-refractivity contribution in [2.24, 2.45) is 0 Å². The summed E-state index contributed by atoms with van der Waals surface area (Å²) in [5.41, 5.74) is 0.867. The van der Waals surface area contributed by atoms with Gasteiger partial charge in [0.15, 0.2) is 0 Å². The molecule has 0 aliphatic rings. The molecule has 0 fully saturated rings. The van der Waals surface area contributed by atoms with E-state index in [1.807, 2.05) is 25.3 Å². The van der Waals surface area contributed by atoms with Crippen molar-refractivity contribution in [1.29, 1.82) is 0 Å². The number of thiazole rings is 1. The molecule has 1 aromatic carbocycles. The van der Waals surface area contributed by atoms with Crippen molar-refractivity contribution in [3.8, 4) is 0 Å². The zero-order chi connectivity index (χ0) is 13.8. The van der Waals surface area contributed by atoms with E-state index in [9.17, 15) is 8.78 Å². The van der Waals surface area contributed by atoms with E-state index >= 15 is 0 Å². The van der Waals surface area contributed by atoms with Crippen LogP contribution < -0.4 is 5.32 Å². The summed E-state index contributed by atoms with van der Waals surface area (Å²) in [5, 5.41) is 6.15. The first kappa shape index (κ1) is 14.1. The minimum Gasteiger partial charge on any atom is -0.302 e. The van der Waals surface area contributed by atoms with Crippen LogP contribution in [0.2, 0.25) is 0 Å². The van der Waals surface area contributed by atoms with Crippen molar-refractivity contribution in [1.82, 2.24) is 10.3 Å². The number of nitrogens with zero attached hydrogens (tertiary/aromatic N) is 1. The molecule has 0 spiro atoms. The van der Waals surface area contributed by atoms with Gasteiger partial charge in [-0.2, -0.15) is 0 Å². The highest BCUT2D eigenvalue weighted by molar-refractivity contribution is 7.09. The molecule has 1 unspecified atom stereocenters. The predicted octanol–water partition coefficient (Wildman–Crippen LogP) is 4.17. The Labute approximate surface area is 115 Å². The number of nitrogens with one attached hydrogen (secondary N) is 1. The average molecular weight is 282 g/mol. The fourth-order valence-electron chi connectivity index (χ4n) is 1.89. The van der Waals surface area contributed by atoms with Gasteiger partial charge >= 0.3 is 0 Å². The highest BCUT2D eigenvalue weighted by atomic mass is 32.1. The quantitative estimate of drug-likeness (QED) is 0.890. The lowest BCUT2D eigenvalue weighted by molar-refractivity contribution is 0.151. The molecule has 0 radical (unpaired) electrons. The van der Waals surface area contributed by atoms with Crippen LogP contribution in [0.1, 0.15) is 42.4 Å². The minimum absolute atomic E-state index is 0.0459. The summed E-state index contributed by atoms with van der Waals surface area (Å²) >= 11 is 1.52. The normalized spacial score (nSPS) is 13.2. The second-order valence-electron chi connectivity index (χ2n) is 4.60. The van der Waals surface area contributed by atoms with Crippen molar-refractivity contribution in [2.45, 2.75) is 32.4 Å². The number of aromatic nitrogens is 1. The monoisotopic (exact) mass is 282 g/mol. The number of hydrogen-bond donors (Lipinski definition) is 1. The smallest absolute Gasteiger partial charge is 0.263 e. The SMILES string of the molecule is CC(C)NC(c1cccc(C(F)F)c1)c1nccs1. The van der Waals surface area contributed by atoms with E-state index in [4.69, 9.17) is 0 Å². The molecule has 0 aliphatic carbocycles. The van der Waals surface area contributed by atoms with Gasteiger partial charge in [-0.05, 0) is 25.5 Å². The molecule has 5 heteroatoms. The predicted molar refractivity (Wildman–Crippen MR) is 73.6 cm³/mol. The summed E-state index contributed by atoms with van der Waals surface area (Å²) in [6, 6.07) is 6.62. The largest absolute Gasteiger partial charge is 0.302 e. The molecule has 1 heterocycles. The Morgan fingerprint density at radius 1 is 1.21 bits per heavy atom. The van der Waals surface area contributed by atoms with E-state index in [2.05, 4.69) is 10.3 Å². The van der Waals surface area contributed by atoms with E-state index in [0.29, 0.717) is 0 Å². The first-order chi connectivity index (χ1) is 9.08. The Morgan fingerprint density at radius 3 is 2.53 bits per heavy atom. The molecule has 2 aromatic rings. The van der Waals surface area contributed by atoms with Crippen LogP contribution in [0.3, 0.4) is 0 Å². The third-order valence-corrected chi connectivity index (χ3v) is 3.53. The van der Waals surface area contributed by atoms with Crippen molar-refractivity contribution >= 4 is 11.3 Å². The highest BCUT2D eigenvalue weighted by Gasteiger charge is 2.19. The Kier molecular flexibility index (Phi) is 4.61. The van der Waals surface area contributed by atoms with Gasteiger partial charge < -0.3 is 5.32 Å². The molecule has 0 saturated heterocycles. The standard InChI is InChI=1S/C14H16F2N2S/c1-9(2)18-12(14-17-6-7-19-14)10-4-3-5-11(8-10)13(15)16/h3-9,12-13,18H,1-2H3. The average Bonchev–Trinajstić information content (AvgIpc) is 2.89. The van der Waals surface area contributed by atoms with Gasteiger partial charge in [0.25, 0.3) is 6.43 Å². The van der Waals surface area contributed by atoms with Gasteiger partial charge in [0.2, 0.25) is 0 Å². The molecule has 0 bridgehead atoms. The van der Waals surface area contributed by atoms with Gasteiger partial charge in [-0.25, -0.2) is 13.8 Å². The maximum absolute atomic E-state index is 12.8. The molecule has 0 aliphatic heterocycles. The number of halogens is 2. The summed E-state index contributed by atoms with van der Waals surface area (Å²) in [5.74, 6) is 0. The van der Waals surface area contributed by atoms with Crippen LogP contribution in [-0.4, -0.2) is 11.0 Å². The van der Waals surface area contributed by atoms with Crippen LogP contribution in [0.5, 0.6) is 0 Å². The van der Waals surface area contributed by atoms with Gasteiger partial charge in [0, 0.05) is 23.2 Å². The second kappa shape index (κ2) is 6.21. The lowest BCUT2D eigenvalue weighted by atomic mass is 10.0. The van der Waals surface area contributed by atoms with Crippen LogP contribution in [0, 0.1) is 0 Å². The van der Waals surface area contributed by atoms with Crippen molar-refractivity contribution in [2.75, 3.05) is 0 Å². The lowest BCUT2D eigenvalue weighted by Crippen LogP contribution is -2.28. The number of alkyl halides is 2. The van der Waals surface area contributed by atoms with Crippen LogP contribution >= 0.6 is 11.3 Å². The molecule has 1 aromatic heterocycles. The van der Waals surface area contributed by atoms with Crippen LogP contribution in [0.4, 0.5) is 8.78 Å². The van der Waals surface area contributed by atoms with E-state index in [0.717, 1.165) is 10.6 Å². The summed E-state index contributed by atoms with van der Waals surface area (Å²) in [4.78, 5) is 4.29. The second-order valence-corrected chi connectivity index (χ2v) is 5.52. The zero-order valence-electron chi connectivity index (χ0n) is 10.8. The molecule has 0 amide bonds. The molecule has 1 N–H and O–H groups in total. The fourth-order valence-corrected chi connectivity index (χ4v) is 2.62. The first-order valence-electron chi connectivity index (χ1n) is 6.11. The summed E-state index contributed by atoms with van der Waals surface area (Å²) in [6.45, 7) is 4.05. The zero-order valence-corrected chi connectivity index (χ0v) is 11.6. The van der Waals surface area contributed by atoms with Gasteiger partial charge in [-0.3, -0.25) is 0 Å². The Bertz CT molecular complexity index is 512. The Hall–Kier alpha value is -1.33. The van der Waals surface area contributed by atoms with Gasteiger partial charge in [-0.1, -0.05) is 18.2 Å². The number of rotatable bonds is 5. The summed E-state index contributed by atoms with van der Waals surface area (Å²) in [7, 11) is 0. The van der Waals surface area contributed by atoms with Crippen LogP contribution in [0.25, 0.3) is 0 Å². The fraction of sp³-hybridized carbons (Fsp3) is 0.357. The molecule has 2 rings (SSSR count). The van der Waals surface area contributed by atoms with Gasteiger partial charge in [-0.15, -0.1) is 11.3 Å². The molecule has 2 nitrogen and oxygen atoms in total. The Balaban J connectivity index is 2.35. The summed E-state index contributed by atoms with van der Waals surface area (Å²) in [6.07, 6.45) is -0.720. The van der Waals surface area contributed by atoms with E-state index < -0.39 is 6.43 Å². The maximum atomic E-state index is 12.8. The number of hydrogen-bond acceptors (Lipinski definition) is 3. The van der Waals surface area contributed by atoms with E-state index in [-0.39, 0.29) is 17.6 Å². The third-order valence-electron chi connectivity index (χ3n) is 2.69. The molecular weight excluding hydrogens is 266 g/mol. The van der Waals surface area contributed by atoms with Gasteiger partial charge in [0.1, 0.15) is 5.01 Å². The Morgan fingerprint density at radius 2 is 1.95 bits per heavy atom. The molecule has 19 heavy (non-hydrogen) atoms. The first-order valence-corrected chi connectivity index (χ1v) is 6.99. The van der Waals surface area contributed by atoms with E-state index in [1.54, 1.807) is 18.3 Å².